The molecule has 0 saturated carbocycles. The second-order valence-corrected chi connectivity index (χ2v) is 5.11. The first-order chi connectivity index (χ1) is 8.63. The zero-order valence-corrected chi connectivity index (χ0v) is 11.7. The van der Waals surface area contributed by atoms with Crippen LogP contribution in [0, 0.1) is 5.92 Å². The van der Waals surface area contributed by atoms with Crippen LogP contribution in [0.3, 0.4) is 0 Å². The fourth-order valence-corrected chi connectivity index (χ4v) is 2.60. The summed E-state index contributed by atoms with van der Waals surface area (Å²) in [4.78, 5) is 25.4. The van der Waals surface area contributed by atoms with E-state index < -0.39 is 0 Å². The van der Waals surface area contributed by atoms with E-state index in [4.69, 9.17) is 0 Å². The van der Waals surface area contributed by atoms with Crippen LogP contribution in [-0.4, -0.2) is 24.9 Å². The third kappa shape index (κ3) is 2.56. The van der Waals surface area contributed by atoms with Gasteiger partial charge in [-0.2, -0.15) is 0 Å². The second-order valence-electron chi connectivity index (χ2n) is 4.25. The minimum absolute atomic E-state index is 0.00171. The van der Waals surface area contributed by atoms with E-state index in [1.807, 2.05) is 31.2 Å². The van der Waals surface area contributed by atoms with E-state index in [1.165, 1.54) is 0 Å². The number of carbonyl (C=O) groups is 2. The van der Waals surface area contributed by atoms with Gasteiger partial charge in [-0.25, -0.2) is 0 Å². The lowest BCUT2D eigenvalue weighted by atomic mass is 10.1. The molecule has 1 saturated heterocycles. The van der Waals surface area contributed by atoms with Crippen LogP contribution in [0.2, 0.25) is 0 Å². The summed E-state index contributed by atoms with van der Waals surface area (Å²) >= 11 is 3.43. The van der Waals surface area contributed by atoms with Crippen LogP contribution in [-0.2, 0) is 9.59 Å². The third-order valence-electron chi connectivity index (χ3n) is 2.99. The van der Waals surface area contributed by atoms with Crippen LogP contribution in [0.4, 0.5) is 5.69 Å². The molecular formula is C13H15BrN2O2. The average Bonchev–Trinajstić information content (AvgIpc) is 2.72. The maximum absolute atomic E-state index is 12.0. The minimum atomic E-state index is -0.246. The zero-order valence-electron chi connectivity index (χ0n) is 10.1. The maximum Gasteiger partial charge on any atom is 0.227 e. The number of benzene rings is 1. The van der Waals surface area contributed by atoms with E-state index in [0.717, 1.165) is 10.2 Å². The Morgan fingerprint density at radius 3 is 2.89 bits per heavy atom. The fourth-order valence-electron chi connectivity index (χ4n) is 2.11. The summed E-state index contributed by atoms with van der Waals surface area (Å²) in [6.07, 6.45) is 0.285. The van der Waals surface area contributed by atoms with Gasteiger partial charge < -0.3 is 10.2 Å². The van der Waals surface area contributed by atoms with Crippen LogP contribution in [0.15, 0.2) is 28.7 Å². The molecule has 1 aromatic rings. The molecule has 96 valence electrons. The summed E-state index contributed by atoms with van der Waals surface area (Å²) in [6, 6.07) is 7.55. The Labute approximate surface area is 114 Å². The number of amides is 2. The summed E-state index contributed by atoms with van der Waals surface area (Å²) < 4.78 is 0.870. The number of nitrogens with zero attached hydrogens (tertiary/aromatic N) is 1. The van der Waals surface area contributed by atoms with Crippen molar-refractivity contribution in [2.75, 3.05) is 18.0 Å². The van der Waals surface area contributed by atoms with Crippen molar-refractivity contribution < 1.29 is 9.59 Å². The summed E-state index contributed by atoms with van der Waals surface area (Å²) in [5, 5.41) is 2.77. The van der Waals surface area contributed by atoms with Gasteiger partial charge in [-0.3, -0.25) is 9.59 Å². The highest BCUT2D eigenvalue weighted by Gasteiger charge is 2.35. The monoisotopic (exact) mass is 310 g/mol. The first-order valence-corrected chi connectivity index (χ1v) is 6.75. The van der Waals surface area contributed by atoms with Gasteiger partial charge in [-0.05, 0) is 35.0 Å². The van der Waals surface area contributed by atoms with Gasteiger partial charge in [-0.1, -0.05) is 12.1 Å². The second kappa shape index (κ2) is 5.52. The number of para-hydroxylation sites is 1. The van der Waals surface area contributed by atoms with Gasteiger partial charge in [0.2, 0.25) is 11.8 Å². The quantitative estimate of drug-likeness (QED) is 0.927. The Morgan fingerprint density at radius 2 is 2.22 bits per heavy atom. The molecule has 0 aromatic heterocycles. The molecule has 0 spiro atoms. The van der Waals surface area contributed by atoms with Gasteiger partial charge in [0, 0.05) is 24.0 Å². The molecule has 2 amide bonds. The number of nitrogens with one attached hydrogen (secondary N) is 1. The highest BCUT2D eigenvalue weighted by Crippen LogP contribution is 2.31. The first-order valence-electron chi connectivity index (χ1n) is 5.96. The van der Waals surface area contributed by atoms with Crippen molar-refractivity contribution in [3.63, 3.8) is 0 Å². The van der Waals surface area contributed by atoms with Crippen molar-refractivity contribution in [2.45, 2.75) is 13.3 Å². The van der Waals surface area contributed by atoms with E-state index in [-0.39, 0.29) is 24.2 Å². The standard InChI is InChI=1S/C13H15BrN2O2/c1-2-15-13(18)9-7-12(17)16(8-9)11-6-4-3-5-10(11)14/h3-6,9H,2,7-8H2,1H3,(H,15,18)/t9-/m1/s1. The molecule has 0 bridgehead atoms. The smallest absolute Gasteiger partial charge is 0.227 e. The normalized spacial score (nSPS) is 19.1. The molecular weight excluding hydrogens is 296 g/mol. The Morgan fingerprint density at radius 1 is 1.50 bits per heavy atom. The topological polar surface area (TPSA) is 49.4 Å². The lowest BCUT2D eigenvalue weighted by Gasteiger charge is -2.18. The van der Waals surface area contributed by atoms with E-state index in [0.29, 0.717) is 13.1 Å². The molecule has 5 heteroatoms. The molecule has 0 unspecified atom stereocenters. The van der Waals surface area contributed by atoms with Gasteiger partial charge in [0.05, 0.1) is 11.6 Å². The Bertz CT molecular complexity index is 476. The van der Waals surface area contributed by atoms with Crippen molar-refractivity contribution in [3.05, 3.63) is 28.7 Å². The van der Waals surface area contributed by atoms with E-state index in [9.17, 15) is 9.59 Å². The Kier molecular flexibility index (Phi) is 4.01. The molecule has 1 aromatic carbocycles. The Balaban J connectivity index is 2.15. The maximum atomic E-state index is 12.0. The van der Waals surface area contributed by atoms with Crippen LogP contribution >= 0.6 is 15.9 Å². The summed E-state index contributed by atoms with van der Waals surface area (Å²) in [5.74, 6) is -0.289. The number of halogens is 1. The van der Waals surface area contributed by atoms with E-state index in [2.05, 4.69) is 21.2 Å². The molecule has 1 N–H and O–H groups in total. The largest absolute Gasteiger partial charge is 0.356 e. The molecule has 0 aliphatic carbocycles. The van der Waals surface area contributed by atoms with Gasteiger partial charge in [0.1, 0.15) is 0 Å². The molecule has 1 fully saturated rings. The average molecular weight is 311 g/mol. The number of anilines is 1. The molecule has 1 aliphatic heterocycles. The van der Waals surface area contributed by atoms with Crippen molar-refractivity contribution in [1.82, 2.24) is 5.32 Å². The first kappa shape index (κ1) is 13.1. The number of carbonyl (C=O) groups excluding carboxylic acids is 2. The van der Waals surface area contributed by atoms with Gasteiger partial charge in [0.25, 0.3) is 0 Å². The summed E-state index contributed by atoms with van der Waals surface area (Å²) in [6.45, 7) is 2.92. The lowest BCUT2D eigenvalue weighted by Crippen LogP contribution is -2.32. The predicted molar refractivity (Wildman–Crippen MR) is 73.3 cm³/mol. The number of rotatable bonds is 3. The SMILES string of the molecule is CCNC(=O)[C@@H]1CC(=O)N(c2ccccc2Br)C1. The van der Waals surface area contributed by atoms with Crippen LogP contribution in [0.1, 0.15) is 13.3 Å². The molecule has 18 heavy (non-hydrogen) atoms. The van der Waals surface area contributed by atoms with E-state index in [1.54, 1.807) is 4.90 Å². The zero-order chi connectivity index (χ0) is 13.1. The highest BCUT2D eigenvalue weighted by atomic mass is 79.9. The van der Waals surface area contributed by atoms with Crippen LogP contribution in [0.25, 0.3) is 0 Å². The van der Waals surface area contributed by atoms with Crippen LogP contribution in [0.5, 0.6) is 0 Å². The molecule has 1 atom stereocenters. The fraction of sp³-hybridized carbons (Fsp3) is 0.385. The van der Waals surface area contributed by atoms with Crippen molar-refractivity contribution >= 4 is 33.4 Å². The van der Waals surface area contributed by atoms with Gasteiger partial charge in [-0.15, -0.1) is 0 Å². The molecule has 0 radical (unpaired) electrons. The molecule has 1 heterocycles. The van der Waals surface area contributed by atoms with Crippen LogP contribution < -0.4 is 10.2 Å². The molecule has 2 rings (SSSR count). The lowest BCUT2D eigenvalue weighted by molar-refractivity contribution is -0.126. The third-order valence-corrected chi connectivity index (χ3v) is 3.66. The highest BCUT2D eigenvalue weighted by molar-refractivity contribution is 9.10. The van der Waals surface area contributed by atoms with E-state index >= 15 is 0 Å². The minimum Gasteiger partial charge on any atom is -0.356 e. The van der Waals surface area contributed by atoms with Crippen molar-refractivity contribution in [3.8, 4) is 0 Å². The molecule has 1 aliphatic rings. The van der Waals surface area contributed by atoms with Gasteiger partial charge in [0.15, 0.2) is 0 Å². The number of hydrogen-bond donors (Lipinski definition) is 1. The van der Waals surface area contributed by atoms with Crippen molar-refractivity contribution in [2.24, 2.45) is 5.92 Å². The van der Waals surface area contributed by atoms with Crippen molar-refractivity contribution in [1.29, 1.82) is 0 Å². The summed E-state index contributed by atoms with van der Waals surface area (Å²) in [7, 11) is 0. The Hall–Kier alpha value is -1.36. The van der Waals surface area contributed by atoms with Gasteiger partial charge >= 0.3 is 0 Å². The molecule has 4 nitrogen and oxygen atoms in total. The number of hydrogen-bond acceptors (Lipinski definition) is 2. The predicted octanol–water partition coefficient (Wildman–Crippen LogP) is 1.94. The summed E-state index contributed by atoms with van der Waals surface area (Å²) in [5.41, 5.74) is 0.828.